The van der Waals surface area contributed by atoms with E-state index in [0.29, 0.717) is 12.1 Å². The summed E-state index contributed by atoms with van der Waals surface area (Å²) in [7, 11) is 0. The third-order valence-electron chi connectivity index (χ3n) is 5.66. The van der Waals surface area contributed by atoms with Gasteiger partial charge in [0.2, 0.25) is 0 Å². The lowest BCUT2D eigenvalue weighted by atomic mass is 9.77. The van der Waals surface area contributed by atoms with Crippen molar-refractivity contribution in [2.24, 2.45) is 0 Å². The van der Waals surface area contributed by atoms with Gasteiger partial charge in [-0.05, 0) is 30.0 Å². The lowest BCUT2D eigenvalue weighted by molar-refractivity contribution is 0.0492. The van der Waals surface area contributed by atoms with Crippen LogP contribution in [0.4, 0.5) is 5.13 Å². The minimum Gasteiger partial charge on any atom is -0.384 e. The Morgan fingerprint density at radius 1 is 0.800 bits per heavy atom. The molecular formula is C26H26N2OS. The van der Waals surface area contributed by atoms with Crippen molar-refractivity contribution in [2.45, 2.75) is 31.4 Å². The Morgan fingerprint density at radius 2 is 1.23 bits per heavy atom. The molecule has 0 radical (unpaired) electrons. The molecule has 0 aliphatic rings. The Labute approximate surface area is 182 Å². The predicted molar refractivity (Wildman–Crippen MR) is 125 cm³/mol. The van der Waals surface area contributed by atoms with Gasteiger partial charge in [0.1, 0.15) is 11.1 Å². The number of benzene rings is 3. The molecular weight excluding hydrogens is 388 g/mol. The normalized spacial score (nSPS) is 13.6. The highest BCUT2D eigenvalue weighted by Crippen LogP contribution is 2.41. The fraction of sp³-hybridized carbons (Fsp3) is 0.192. The van der Waals surface area contributed by atoms with Crippen LogP contribution in [0, 0.1) is 0 Å². The van der Waals surface area contributed by atoms with Gasteiger partial charge >= 0.3 is 0 Å². The van der Waals surface area contributed by atoms with E-state index in [4.69, 9.17) is 4.98 Å². The number of rotatable bonds is 7. The van der Waals surface area contributed by atoms with Crippen LogP contribution in [-0.4, -0.2) is 10.1 Å². The van der Waals surface area contributed by atoms with Crippen molar-refractivity contribution < 1.29 is 5.11 Å². The van der Waals surface area contributed by atoms with Gasteiger partial charge in [0.15, 0.2) is 5.13 Å². The van der Waals surface area contributed by atoms with E-state index in [1.807, 2.05) is 37.4 Å². The highest BCUT2D eigenvalue weighted by Gasteiger charge is 2.37. The van der Waals surface area contributed by atoms with Crippen molar-refractivity contribution in [1.29, 1.82) is 0 Å². The van der Waals surface area contributed by atoms with Crippen molar-refractivity contribution in [3.05, 3.63) is 119 Å². The quantitative estimate of drug-likeness (QED) is 0.356. The third kappa shape index (κ3) is 3.76. The molecule has 1 atom stereocenters. The SMILES string of the molecule is CCC(C)(O)c1csc(NC(c2ccccc2)(c2ccccc2)c2ccccc2)n1. The molecule has 152 valence electrons. The molecule has 0 bridgehead atoms. The second-order valence-electron chi connectivity index (χ2n) is 7.64. The summed E-state index contributed by atoms with van der Waals surface area (Å²) in [6, 6.07) is 31.3. The van der Waals surface area contributed by atoms with Gasteiger partial charge in [-0.15, -0.1) is 11.3 Å². The van der Waals surface area contributed by atoms with Crippen molar-refractivity contribution in [2.75, 3.05) is 5.32 Å². The first-order valence-corrected chi connectivity index (χ1v) is 11.1. The Balaban J connectivity index is 1.92. The molecule has 30 heavy (non-hydrogen) atoms. The molecule has 0 aliphatic heterocycles. The van der Waals surface area contributed by atoms with E-state index in [2.05, 4.69) is 78.1 Å². The molecule has 1 unspecified atom stereocenters. The fourth-order valence-corrected chi connectivity index (χ4v) is 4.59. The smallest absolute Gasteiger partial charge is 0.184 e. The van der Waals surface area contributed by atoms with Gasteiger partial charge in [0, 0.05) is 5.38 Å². The van der Waals surface area contributed by atoms with Gasteiger partial charge in [0.25, 0.3) is 0 Å². The number of nitrogens with zero attached hydrogens (tertiary/aromatic N) is 1. The van der Waals surface area contributed by atoms with Crippen LogP contribution in [0.3, 0.4) is 0 Å². The summed E-state index contributed by atoms with van der Waals surface area (Å²) in [5.74, 6) is 0. The van der Waals surface area contributed by atoms with E-state index in [1.165, 1.54) is 11.3 Å². The largest absolute Gasteiger partial charge is 0.384 e. The summed E-state index contributed by atoms with van der Waals surface area (Å²) < 4.78 is 0. The van der Waals surface area contributed by atoms with Crippen LogP contribution in [-0.2, 0) is 11.1 Å². The number of anilines is 1. The lowest BCUT2D eigenvalue weighted by Crippen LogP contribution is -2.38. The first kappa shape index (κ1) is 20.3. The van der Waals surface area contributed by atoms with Crippen LogP contribution < -0.4 is 5.32 Å². The molecule has 4 aromatic rings. The first-order valence-electron chi connectivity index (χ1n) is 10.2. The molecule has 1 aromatic heterocycles. The number of hydrogen-bond acceptors (Lipinski definition) is 4. The molecule has 4 rings (SSSR count). The zero-order valence-electron chi connectivity index (χ0n) is 17.2. The average Bonchev–Trinajstić information content (AvgIpc) is 3.29. The highest BCUT2D eigenvalue weighted by molar-refractivity contribution is 7.13. The molecule has 2 N–H and O–H groups in total. The minimum atomic E-state index is -0.939. The summed E-state index contributed by atoms with van der Waals surface area (Å²) in [4.78, 5) is 4.77. The monoisotopic (exact) mass is 414 g/mol. The van der Waals surface area contributed by atoms with Crippen LogP contribution in [0.25, 0.3) is 0 Å². The number of thiazole rings is 1. The zero-order valence-corrected chi connectivity index (χ0v) is 18.1. The second-order valence-corrected chi connectivity index (χ2v) is 8.50. The van der Waals surface area contributed by atoms with E-state index in [-0.39, 0.29) is 0 Å². The highest BCUT2D eigenvalue weighted by atomic mass is 32.1. The van der Waals surface area contributed by atoms with Gasteiger partial charge in [-0.1, -0.05) is 97.9 Å². The van der Waals surface area contributed by atoms with E-state index in [0.717, 1.165) is 21.8 Å². The van der Waals surface area contributed by atoms with E-state index < -0.39 is 11.1 Å². The summed E-state index contributed by atoms with van der Waals surface area (Å²) in [6.45, 7) is 3.78. The molecule has 1 heterocycles. The summed E-state index contributed by atoms with van der Waals surface area (Å²) in [6.07, 6.45) is 0.609. The van der Waals surface area contributed by atoms with Crippen molar-refractivity contribution in [3.8, 4) is 0 Å². The molecule has 0 saturated carbocycles. The maximum Gasteiger partial charge on any atom is 0.184 e. The van der Waals surface area contributed by atoms with Crippen molar-refractivity contribution in [1.82, 2.24) is 4.98 Å². The van der Waals surface area contributed by atoms with Crippen LogP contribution in [0.2, 0.25) is 0 Å². The molecule has 0 amide bonds. The number of aromatic nitrogens is 1. The van der Waals surface area contributed by atoms with Gasteiger partial charge in [-0.25, -0.2) is 4.98 Å². The molecule has 0 saturated heterocycles. The zero-order chi connectivity index (χ0) is 21.0. The molecule has 3 nitrogen and oxygen atoms in total. The fourth-order valence-electron chi connectivity index (χ4n) is 3.70. The van der Waals surface area contributed by atoms with Crippen LogP contribution >= 0.6 is 11.3 Å². The maximum atomic E-state index is 10.7. The predicted octanol–water partition coefficient (Wildman–Crippen LogP) is 6.16. The van der Waals surface area contributed by atoms with Gasteiger partial charge < -0.3 is 10.4 Å². The minimum absolute atomic E-state index is 0.609. The van der Waals surface area contributed by atoms with E-state index in [1.54, 1.807) is 0 Å². The third-order valence-corrected chi connectivity index (χ3v) is 6.42. The summed E-state index contributed by atoms with van der Waals surface area (Å²) in [5.41, 5.74) is 2.52. The van der Waals surface area contributed by atoms with Crippen molar-refractivity contribution in [3.63, 3.8) is 0 Å². The maximum absolute atomic E-state index is 10.7. The molecule has 0 aliphatic carbocycles. The van der Waals surface area contributed by atoms with Gasteiger partial charge in [-0.2, -0.15) is 0 Å². The Hall–Kier alpha value is -2.95. The van der Waals surface area contributed by atoms with Crippen LogP contribution in [0.1, 0.15) is 42.7 Å². The van der Waals surface area contributed by atoms with Crippen molar-refractivity contribution >= 4 is 16.5 Å². The standard InChI is InChI=1S/C26H26N2OS/c1-3-25(2,29)23-19-30-24(27-23)28-26(20-13-7-4-8-14-20,21-15-9-5-10-16-21)22-17-11-6-12-18-22/h4-19,29H,3H2,1-2H3,(H,27,28). The Bertz CT molecular complexity index is 979. The number of nitrogens with one attached hydrogen (secondary N) is 1. The Morgan fingerprint density at radius 3 is 1.63 bits per heavy atom. The second kappa shape index (κ2) is 8.42. The Kier molecular flexibility index (Phi) is 5.71. The van der Waals surface area contributed by atoms with Gasteiger partial charge in [-0.3, -0.25) is 0 Å². The topological polar surface area (TPSA) is 45.1 Å². The molecule has 4 heteroatoms. The number of hydrogen-bond donors (Lipinski definition) is 2. The van der Waals surface area contributed by atoms with Crippen LogP contribution in [0.15, 0.2) is 96.4 Å². The van der Waals surface area contributed by atoms with Crippen LogP contribution in [0.5, 0.6) is 0 Å². The first-order chi connectivity index (χ1) is 14.6. The molecule has 3 aromatic carbocycles. The van der Waals surface area contributed by atoms with E-state index in [9.17, 15) is 5.11 Å². The van der Waals surface area contributed by atoms with E-state index >= 15 is 0 Å². The molecule has 0 fully saturated rings. The number of aliphatic hydroxyl groups is 1. The summed E-state index contributed by atoms with van der Waals surface area (Å²) >= 11 is 1.52. The molecule has 0 spiro atoms. The average molecular weight is 415 g/mol. The summed E-state index contributed by atoms with van der Waals surface area (Å²) in [5, 5.41) is 17.1. The van der Waals surface area contributed by atoms with Gasteiger partial charge in [0.05, 0.1) is 5.69 Å². The lowest BCUT2D eigenvalue weighted by Gasteiger charge is -2.36.